The Balaban J connectivity index is 3.44. The van der Waals surface area contributed by atoms with Gasteiger partial charge in [0.25, 0.3) is 0 Å². The van der Waals surface area contributed by atoms with Crippen molar-refractivity contribution in [3.63, 3.8) is 0 Å². The van der Waals surface area contributed by atoms with Crippen LogP contribution in [0.2, 0.25) is 5.02 Å². The van der Waals surface area contributed by atoms with E-state index in [0.29, 0.717) is 0 Å². The van der Waals surface area contributed by atoms with Crippen LogP contribution in [0.1, 0.15) is 10.4 Å². The van der Waals surface area contributed by atoms with E-state index < -0.39 is 15.8 Å². The molecule has 0 aliphatic carbocycles. The first-order chi connectivity index (χ1) is 6.32. The second-order valence-corrected chi connectivity index (χ2v) is 5.10. The highest BCUT2D eigenvalue weighted by Gasteiger charge is 2.12. The maximum absolute atomic E-state index is 11.1. The maximum Gasteiger partial charge on any atom is 0.177 e. The lowest BCUT2D eigenvalue weighted by molar-refractivity contribution is -0.255. The molecule has 1 aromatic carbocycles. The third kappa shape index (κ3) is 2.24. The molecule has 0 amide bonds. The Morgan fingerprint density at radius 2 is 2.00 bits per heavy atom. The van der Waals surface area contributed by atoms with Gasteiger partial charge in [0.2, 0.25) is 0 Å². The molecule has 4 nitrogen and oxygen atoms in total. The molecular formula is C8H6ClO4S-. The first kappa shape index (κ1) is 11.0. The van der Waals surface area contributed by atoms with Gasteiger partial charge in [0.05, 0.1) is 15.9 Å². The summed E-state index contributed by atoms with van der Waals surface area (Å²) < 4.78 is 22.3. The fourth-order valence-electron chi connectivity index (χ4n) is 0.914. The van der Waals surface area contributed by atoms with Gasteiger partial charge in [0.15, 0.2) is 9.84 Å². The maximum atomic E-state index is 11.1. The molecule has 0 aliphatic heterocycles. The zero-order valence-electron chi connectivity index (χ0n) is 7.15. The van der Waals surface area contributed by atoms with Crippen molar-refractivity contribution in [1.29, 1.82) is 0 Å². The van der Waals surface area contributed by atoms with Crippen molar-refractivity contribution in [3.05, 3.63) is 28.8 Å². The normalized spacial score (nSPS) is 11.3. The highest BCUT2D eigenvalue weighted by molar-refractivity contribution is 7.90. The third-order valence-corrected chi connectivity index (χ3v) is 3.14. The molecule has 0 N–H and O–H groups in total. The second-order valence-electron chi connectivity index (χ2n) is 2.70. The van der Waals surface area contributed by atoms with Gasteiger partial charge in [-0.25, -0.2) is 8.42 Å². The Labute approximate surface area is 86.0 Å². The first-order valence-electron chi connectivity index (χ1n) is 3.53. The molecule has 0 saturated carbocycles. The van der Waals surface area contributed by atoms with Crippen LogP contribution in [0.15, 0.2) is 23.1 Å². The number of carboxylic acids is 1. The van der Waals surface area contributed by atoms with Crippen LogP contribution in [-0.2, 0) is 9.84 Å². The third-order valence-electron chi connectivity index (χ3n) is 1.57. The SMILES string of the molecule is CS(=O)(=O)c1cc(C(=O)[O-])ccc1Cl. The topological polar surface area (TPSA) is 74.3 Å². The van der Waals surface area contributed by atoms with Gasteiger partial charge in [-0.3, -0.25) is 0 Å². The fourth-order valence-corrected chi connectivity index (χ4v) is 2.22. The summed E-state index contributed by atoms with van der Waals surface area (Å²) in [7, 11) is -3.51. The van der Waals surface area contributed by atoms with Crippen LogP contribution in [0.5, 0.6) is 0 Å². The van der Waals surface area contributed by atoms with Gasteiger partial charge < -0.3 is 9.90 Å². The van der Waals surface area contributed by atoms with Gasteiger partial charge >= 0.3 is 0 Å². The van der Waals surface area contributed by atoms with E-state index >= 15 is 0 Å². The summed E-state index contributed by atoms with van der Waals surface area (Å²) in [6.07, 6.45) is 0.952. The number of sulfone groups is 1. The predicted molar refractivity (Wildman–Crippen MR) is 48.9 cm³/mol. The number of hydrogen-bond donors (Lipinski definition) is 0. The van der Waals surface area contributed by atoms with Gasteiger partial charge in [-0.2, -0.15) is 0 Å². The van der Waals surface area contributed by atoms with E-state index in [2.05, 4.69) is 0 Å². The van der Waals surface area contributed by atoms with Crippen LogP contribution in [0.4, 0.5) is 0 Å². The van der Waals surface area contributed by atoms with Crippen molar-refractivity contribution in [2.75, 3.05) is 6.26 Å². The number of carbonyl (C=O) groups excluding carboxylic acids is 1. The minimum absolute atomic E-state index is 0.00231. The van der Waals surface area contributed by atoms with Crippen LogP contribution in [0, 0.1) is 0 Å². The summed E-state index contributed by atoms with van der Waals surface area (Å²) in [5, 5.41) is 10.4. The smallest absolute Gasteiger partial charge is 0.177 e. The Morgan fingerprint density at radius 3 is 2.43 bits per heavy atom. The van der Waals surface area contributed by atoms with Crippen LogP contribution in [0.3, 0.4) is 0 Å². The van der Waals surface area contributed by atoms with E-state index in [1.807, 2.05) is 0 Å². The molecule has 1 rings (SSSR count). The predicted octanol–water partition coefficient (Wildman–Crippen LogP) is 0.107. The van der Waals surface area contributed by atoms with E-state index in [1.165, 1.54) is 12.1 Å². The van der Waals surface area contributed by atoms with Crippen molar-refractivity contribution in [2.24, 2.45) is 0 Å². The number of rotatable bonds is 2. The van der Waals surface area contributed by atoms with Crippen molar-refractivity contribution >= 4 is 27.4 Å². The van der Waals surface area contributed by atoms with E-state index in [-0.39, 0.29) is 15.5 Å². The molecule has 0 spiro atoms. The number of aromatic carboxylic acids is 1. The lowest BCUT2D eigenvalue weighted by atomic mass is 10.2. The van der Waals surface area contributed by atoms with Crippen LogP contribution < -0.4 is 5.11 Å². The van der Waals surface area contributed by atoms with Gasteiger partial charge in [-0.15, -0.1) is 0 Å². The van der Waals surface area contributed by atoms with Crippen molar-refractivity contribution in [3.8, 4) is 0 Å². The highest BCUT2D eigenvalue weighted by atomic mass is 35.5. The molecule has 76 valence electrons. The molecule has 0 aromatic heterocycles. The largest absolute Gasteiger partial charge is 0.545 e. The summed E-state index contributed by atoms with van der Waals surface area (Å²) in [6, 6.07) is 3.38. The molecule has 0 atom stereocenters. The van der Waals surface area contributed by atoms with Crippen molar-refractivity contribution in [2.45, 2.75) is 4.90 Å². The second kappa shape index (κ2) is 3.59. The Kier molecular flexibility index (Phi) is 2.82. The molecular weight excluding hydrogens is 228 g/mol. The molecule has 14 heavy (non-hydrogen) atoms. The van der Waals surface area contributed by atoms with Crippen LogP contribution in [-0.4, -0.2) is 20.6 Å². The molecule has 1 aromatic rings. The van der Waals surface area contributed by atoms with Gasteiger partial charge in [0, 0.05) is 6.26 Å². The van der Waals surface area contributed by atoms with Crippen molar-refractivity contribution < 1.29 is 18.3 Å². The number of halogens is 1. The van der Waals surface area contributed by atoms with E-state index in [0.717, 1.165) is 12.3 Å². The fraction of sp³-hybridized carbons (Fsp3) is 0.125. The minimum Gasteiger partial charge on any atom is -0.545 e. The average molecular weight is 234 g/mol. The molecule has 0 bridgehead atoms. The van der Waals surface area contributed by atoms with Gasteiger partial charge in [-0.05, 0) is 17.7 Å². The molecule has 0 radical (unpaired) electrons. The first-order valence-corrected chi connectivity index (χ1v) is 5.80. The van der Waals surface area contributed by atoms with Crippen LogP contribution >= 0.6 is 11.6 Å². The lowest BCUT2D eigenvalue weighted by Crippen LogP contribution is -2.22. The summed E-state index contributed by atoms with van der Waals surface area (Å²) in [5.74, 6) is -1.44. The summed E-state index contributed by atoms with van der Waals surface area (Å²) in [4.78, 5) is 10.2. The quantitative estimate of drug-likeness (QED) is 0.727. The van der Waals surface area contributed by atoms with Crippen molar-refractivity contribution in [1.82, 2.24) is 0 Å². The van der Waals surface area contributed by atoms with E-state index in [1.54, 1.807) is 0 Å². The molecule has 0 heterocycles. The summed E-state index contributed by atoms with van der Waals surface area (Å²) >= 11 is 5.59. The zero-order chi connectivity index (χ0) is 10.9. The van der Waals surface area contributed by atoms with Gasteiger partial charge in [0.1, 0.15) is 0 Å². The zero-order valence-corrected chi connectivity index (χ0v) is 8.72. The lowest BCUT2D eigenvalue weighted by Gasteiger charge is -2.06. The summed E-state index contributed by atoms with van der Waals surface area (Å²) in [5.41, 5.74) is -0.213. The molecule has 0 fully saturated rings. The van der Waals surface area contributed by atoms with Gasteiger partial charge in [-0.1, -0.05) is 17.7 Å². The molecule has 0 aliphatic rings. The molecule has 0 saturated heterocycles. The molecule has 6 heteroatoms. The number of carbonyl (C=O) groups is 1. The minimum atomic E-state index is -3.51. The average Bonchev–Trinajstić information content (AvgIpc) is 2.02. The Hall–Kier alpha value is -1.07. The van der Waals surface area contributed by atoms with E-state index in [9.17, 15) is 18.3 Å². The monoisotopic (exact) mass is 233 g/mol. The highest BCUT2D eigenvalue weighted by Crippen LogP contribution is 2.22. The summed E-state index contributed by atoms with van der Waals surface area (Å²) in [6.45, 7) is 0. The van der Waals surface area contributed by atoms with E-state index in [4.69, 9.17) is 11.6 Å². The molecule has 0 unspecified atom stereocenters. The number of benzene rings is 1. The number of hydrogen-bond acceptors (Lipinski definition) is 4. The number of carboxylic acid groups (broad SMARTS) is 1. The Morgan fingerprint density at radius 1 is 1.43 bits per heavy atom. The standard InChI is InChI=1S/C8H7ClO4S/c1-14(12,13)7-4-5(8(10)11)2-3-6(7)9/h2-4H,1H3,(H,10,11)/p-1. The Bertz CT molecular complexity index is 478. The van der Waals surface area contributed by atoms with Crippen LogP contribution in [0.25, 0.3) is 0 Å².